The van der Waals surface area contributed by atoms with Crippen molar-refractivity contribution in [1.29, 1.82) is 0 Å². The van der Waals surface area contributed by atoms with Gasteiger partial charge < -0.3 is 14.6 Å². The number of aryl methyl sites for hydroxylation is 8. The molecule has 1 amide bonds. The Morgan fingerprint density at radius 2 is 1.16 bits per heavy atom. The Morgan fingerprint density at radius 1 is 0.732 bits per heavy atom. The maximum Gasteiger partial charge on any atom is 0.339 e. The third-order valence-electron chi connectivity index (χ3n) is 8.19. The van der Waals surface area contributed by atoms with Crippen molar-refractivity contribution in [3.8, 4) is 23.3 Å². The Hall–Kier alpha value is -7.17. The SMILES string of the molecule is [C-]#[N+]c1cc(C(=O)NS(=O)(=O)c2cccc([N+](=O)[O-])c2)c(Oc2c(C)cc(C)cc2C)nc1C.[C-]#[N+]c1cc(C(=O)O)c(Oc2c(C)cc(C)cc2C)nc1C. The fourth-order valence-corrected chi connectivity index (χ4v) is 6.70. The largest absolute Gasteiger partial charge is 0.478 e. The molecule has 2 aromatic heterocycles. The Bertz CT molecular complexity index is 2580. The predicted octanol–water partition coefficient (Wildman–Crippen LogP) is 9.04. The first-order valence-electron chi connectivity index (χ1n) is 16.6. The van der Waals surface area contributed by atoms with E-state index in [-0.39, 0.29) is 34.3 Å². The smallest absolute Gasteiger partial charge is 0.339 e. The van der Waals surface area contributed by atoms with Crippen LogP contribution in [0.4, 0.5) is 17.1 Å². The summed E-state index contributed by atoms with van der Waals surface area (Å²) in [5, 5.41) is 20.3. The molecule has 0 radical (unpaired) electrons. The lowest BCUT2D eigenvalue weighted by Gasteiger charge is -2.16. The van der Waals surface area contributed by atoms with Gasteiger partial charge in [-0.3, -0.25) is 14.9 Å². The molecule has 0 saturated carbocycles. The zero-order chi connectivity index (χ0) is 41.6. The number of amides is 1. The first-order valence-corrected chi connectivity index (χ1v) is 18.1. The van der Waals surface area contributed by atoms with Crippen molar-refractivity contribution < 1.29 is 37.5 Å². The molecule has 56 heavy (non-hydrogen) atoms. The first kappa shape index (κ1) is 41.6. The van der Waals surface area contributed by atoms with E-state index in [9.17, 15) is 33.2 Å². The van der Waals surface area contributed by atoms with E-state index in [4.69, 9.17) is 22.6 Å². The summed E-state index contributed by atoms with van der Waals surface area (Å²) in [6, 6.07) is 14.5. The van der Waals surface area contributed by atoms with Crippen LogP contribution in [0.5, 0.6) is 23.3 Å². The molecule has 2 N–H and O–H groups in total. The second kappa shape index (κ2) is 16.9. The van der Waals surface area contributed by atoms with Crippen LogP contribution in [0.1, 0.15) is 65.5 Å². The molecule has 286 valence electrons. The van der Waals surface area contributed by atoms with Gasteiger partial charge in [0, 0.05) is 23.5 Å². The fourth-order valence-electron chi connectivity index (χ4n) is 5.69. The molecule has 0 spiro atoms. The number of nitro benzene ring substituents is 1. The minimum atomic E-state index is -4.47. The van der Waals surface area contributed by atoms with Crippen LogP contribution in [0.25, 0.3) is 9.69 Å². The highest BCUT2D eigenvalue weighted by molar-refractivity contribution is 7.90. The lowest BCUT2D eigenvalue weighted by molar-refractivity contribution is -0.385. The molecule has 0 saturated heterocycles. The number of sulfonamides is 1. The molecule has 0 fully saturated rings. The minimum Gasteiger partial charge on any atom is -0.478 e. The number of rotatable bonds is 9. The summed E-state index contributed by atoms with van der Waals surface area (Å²) < 4.78 is 39.1. The highest BCUT2D eigenvalue weighted by Crippen LogP contribution is 2.35. The molecular formula is C40H36N6O9S. The molecule has 0 atom stereocenters. The van der Waals surface area contributed by atoms with Crippen molar-refractivity contribution in [1.82, 2.24) is 14.7 Å². The van der Waals surface area contributed by atoms with E-state index < -0.39 is 37.4 Å². The number of ether oxygens (including phenoxy) is 2. The van der Waals surface area contributed by atoms with Crippen molar-refractivity contribution in [3.05, 3.63) is 150 Å². The van der Waals surface area contributed by atoms with E-state index in [2.05, 4.69) is 19.7 Å². The zero-order valence-corrected chi connectivity index (χ0v) is 32.4. The lowest BCUT2D eigenvalue weighted by Crippen LogP contribution is -2.31. The number of pyridine rings is 2. The summed E-state index contributed by atoms with van der Waals surface area (Å²) in [5.74, 6) is -1.39. The summed E-state index contributed by atoms with van der Waals surface area (Å²) in [6.45, 7) is 28.9. The van der Waals surface area contributed by atoms with Gasteiger partial charge in [-0.05, 0) is 95.8 Å². The van der Waals surface area contributed by atoms with Gasteiger partial charge in [-0.2, -0.15) is 0 Å². The van der Waals surface area contributed by atoms with Crippen LogP contribution in [0.3, 0.4) is 0 Å². The number of hydrogen-bond donors (Lipinski definition) is 2. The molecule has 0 bridgehead atoms. The van der Waals surface area contributed by atoms with Crippen molar-refractivity contribution in [2.75, 3.05) is 0 Å². The van der Waals surface area contributed by atoms with Gasteiger partial charge >= 0.3 is 5.97 Å². The summed E-state index contributed by atoms with van der Waals surface area (Å²) in [4.78, 5) is 49.2. The number of aromatic nitrogens is 2. The van der Waals surface area contributed by atoms with Gasteiger partial charge in [0.1, 0.15) is 17.1 Å². The second-order valence-electron chi connectivity index (χ2n) is 12.8. The Labute approximate surface area is 323 Å². The Kier molecular flexibility index (Phi) is 12.5. The average Bonchev–Trinajstić information content (AvgIpc) is 3.11. The van der Waals surface area contributed by atoms with E-state index in [0.717, 1.165) is 51.6 Å². The highest BCUT2D eigenvalue weighted by atomic mass is 32.2. The van der Waals surface area contributed by atoms with Gasteiger partial charge in [-0.25, -0.2) is 37.6 Å². The molecule has 3 aromatic carbocycles. The van der Waals surface area contributed by atoms with E-state index >= 15 is 0 Å². The second-order valence-corrected chi connectivity index (χ2v) is 14.5. The number of carboxylic acid groups (broad SMARTS) is 1. The van der Waals surface area contributed by atoms with E-state index in [1.165, 1.54) is 18.2 Å². The highest BCUT2D eigenvalue weighted by Gasteiger charge is 2.26. The van der Waals surface area contributed by atoms with Gasteiger partial charge in [-0.1, -0.05) is 41.5 Å². The van der Waals surface area contributed by atoms with Crippen molar-refractivity contribution in [3.63, 3.8) is 0 Å². The monoisotopic (exact) mass is 776 g/mol. The molecule has 16 heteroatoms. The Morgan fingerprint density at radius 3 is 1.57 bits per heavy atom. The van der Waals surface area contributed by atoms with Crippen molar-refractivity contribution in [2.24, 2.45) is 0 Å². The number of nitrogens with zero attached hydrogens (tertiary/aromatic N) is 5. The topological polar surface area (TPSA) is 197 Å². The number of aromatic carboxylic acids is 1. The standard InChI is InChI=1S/C23H20N4O6S.C17H16N2O3/c1-13-9-14(2)21(15(3)10-13)33-23-19(12-20(24-5)16(4)25-23)22(28)26-34(31,32)18-8-6-7-17(11-18)27(29)30;1-9-6-10(2)15(11(3)7-9)22-16-13(17(20)21)8-14(18-5)12(4)19-16/h6-12H,1-4H3,(H,26,28);6-8H,1-4H3,(H,20,21). The summed E-state index contributed by atoms with van der Waals surface area (Å²) in [7, 11) is -4.47. The van der Waals surface area contributed by atoms with Gasteiger partial charge in [0.15, 0.2) is 0 Å². The zero-order valence-electron chi connectivity index (χ0n) is 31.6. The van der Waals surface area contributed by atoms with E-state index in [1.54, 1.807) is 13.8 Å². The number of nitro groups is 1. The average molecular weight is 777 g/mol. The summed E-state index contributed by atoms with van der Waals surface area (Å²) in [6.07, 6.45) is 0. The first-order chi connectivity index (χ1) is 26.3. The van der Waals surface area contributed by atoms with E-state index in [0.29, 0.717) is 22.9 Å². The normalized spacial score (nSPS) is 10.6. The third kappa shape index (κ3) is 9.49. The molecule has 5 aromatic rings. The summed E-state index contributed by atoms with van der Waals surface area (Å²) >= 11 is 0. The number of carbonyl (C=O) groups excluding carboxylic acids is 1. The van der Waals surface area contributed by atoms with Crippen LogP contribution in [-0.2, 0) is 10.0 Å². The minimum absolute atomic E-state index is 0.00690. The number of nitrogens with one attached hydrogen (secondary N) is 1. The van der Waals surface area contributed by atoms with Crippen LogP contribution in [0, 0.1) is 78.6 Å². The van der Waals surface area contributed by atoms with Gasteiger partial charge in [0.05, 0.1) is 28.5 Å². The molecule has 0 aliphatic carbocycles. The molecule has 0 aliphatic rings. The molecule has 2 heterocycles. The molecule has 0 unspecified atom stereocenters. The van der Waals surface area contributed by atoms with Crippen LogP contribution in [0.15, 0.2) is 65.6 Å². The van der Waals surface area contributed by atoms with Crippen molar-refractivity contribution in [2.45, 2.75) is 60.3 Å². The van der Waals surface area contributed by atoms with Crippen LogP contribution in [-0.4, -0.2) is 40.3 Å². The quantitative estimate of drug-likeness (QED) is 0.0823. The molecule has 15 nitrogen and oxygen atoms in total. The van der Waals surface area contributed by atoms with Gasteiger partial charge in [0.2, 0.25) is 23.1 Å². The van der Waals surface area contributed by atoms with Gasteiger partial charge in [0.25, 0.3) is 21.6 Å². The number of carboxylic acids is 1. The van der Waals surface area contributed by atoms with Gasteiger partial charge in [-0.15, -0.1) is 0 Å². The number of benzene rings is 3. The maximum absolute atomic E-state index is 13.0. The molecule has 0 aliphatic heterocycles. The maximum atomic E-state index is 13.0. The summed E-state index contributed by atoms with van der Waals surface area (Å²) in [5.41, 5.74) is 5.64. The fraction of sp³-hybridized carbons (Fsp3) is 0.200. The van der Waals surface area contributed by atoms with E-state index in [1.807, 2.05) is 70.5 Å². The lowest BCUT2D eigenvalue weighted by atomic mass is 10.1. The van der Waals surface area contributed by atoms with Crippen molar-refractivity contribution >= 4 is 39.0 Å². The number of non-ortho nitro benzene ring substituents is 1. The van der Waals surface area contributed by atoms with Crippen LogP contribution < -0.4 is 14.2 Å². The number of carbonyl (C=O) groups is 2. The molecule has 5 rings (SSSR count). The van der Waals surface area contributed by atoms with Crippen LogP contribution >= 0.6 is 0 Å². The van der Waals surface area contributed by atoms with Crippen LogP contribution in [0.2, 0.25) is 0 Å². The number of hydrogen-bond acceptors (Lipinski definition) is 10. The third-order valence-corrected chi connectivity index (χ3v) is 9.52. The molecular weight excluding hydrogens is 741 g/mol. The Balaban J connectivity index is 0.000000273. The predicted molar refractivity (Wildman–Crippen MR) is 207 cm³/mol.